The summed E-state index contributed by atoms with van der Waals surface area (Å²) in [6, 6.07) is 13.4. The lowest BCUT2D eigenvalue weighted by Crippen LogP contribution is -2.13. The fourth-order valence-corrected chi connectivity index (χ4v) is 3.64. The maximum atomic E-state index is 12.6. The van der Waals surface area contributed by atoms with Crippen LogP contribution in [0.4, 0.5) is 5.69 Å². The summed E-state index contributed by atoms with van der Waals surface area (Å²) in [5, 5.41) is 9.77. The van der Waals surface area contributed by atoms with Gasteiger partial charge in [0.2, 0.25) is 0 Å². The van der Waals surface area contributed by atoms with Gasteiger partial charge in [-0.3, -0.25) is 14.5 Å². The van der Waals surface area contributed by atoms with E-state index in [0.717, 1.165) is 0 Å². The van der Waals surface area contributed by atoms with Gasteiger partial charge in [-0.1, -0.05) is 23.7 Å². The molecule has 0 bridgehead atoms. The smallest absolute Gasteiger partial charge is 0.261 e. The summed E-state index contributed by atoms with van der Waals surface area (Å²) in [4.78, 5) is 15.2. The number of nitriles is 1. The van der Waals surface area contributed by atoms with Gasteiger partial charge < -0.3 is 4.74 Å². The normalized spacial score (nSPS) is 10.8. The van der Waals surface area contributed by atoms with Crippen LogP contribution in [-0.2, 0) is 10.0 Å². The number of carbonyl (C=O) groups excluding carboxylic acids is 1. The number of halogens is 1. The zero-order chi connectivity index (χ0) is 21.0. The molecule has 9 heteroatoms. The number of anilines is 1. The van der Waals surface area contributed by atoms with Crippen molar-refractivity contribution in [1.29, 1.82) is 5.26 Å². The number of ketones is 1. The minimum absolute atomic E-state index is 0.00802. The molecule has 0 saturated heterocycles. The van der Waals surface area contributed by atoms with Gasteiger partial charge in [0.1, 0.15) is 17.6 Å². The molecular weight excluding hydrogens is 414 g/mol. The van der Waals surface area contributed by atoms with E-state index in [1.54, 1.807) is 0 Å². The second-order valence-electron chi connectivity index (χ2n) is 5.95. The first-order valence-electron chi connectivity index (χ1n) is 8.25. The summed E-state index contributed by atoms with van der Waals surface area (Å²) in [5.74, 6) is 0.407. The molecule has 3 aromatic rings. The van der Waals surface area contributed by atoms with Crippen LogP contribution in [0.5, 0.6) is 11.5 Å². The van der Waals surface area contributed by atoms with Gasteiger partial charge in [0.15, 0.2) is 5.78 Å². The molecule has 0 amide bonds. The van der Waals surface area contributed by atoms with Crippen molar-refractivity contribution in [3.8, 4) is 17.6 Å². The fourth-order valence-electron chi connectivity index (χ4n) is 2.43. The highest BCUT2D eigenvalue weighted by Crippen LogP contribution is 2.29. The molecule has 0 spiro atoms. The number of pyridine rings is 1. The maximum Gasteiger partial charge on any atom is 0.261 e. The van der Waals surface area contributed by atoms with E-state index in [-0.39, 0.29) is 27.7 Å². The number of sulfonamides is 1. The highest BCUT2D eigenvalue weighted by atomic mass is 35.5. The van der Waals surface area contributed by atoms with Crippen LogP contribution in [0.15, 0.2) is 65.8 Å². The Morgan fingerprint density at radius 1 is 1.14 bits per heavy atom. The van der Waals surface area contributed by atoms with Crippen molar-refractivity contribution in [3.05, 3.63) is 77.1 Å². The van der Waals surface area contributed by atoms with Crippen LogP contribution >= 0.6 is 11.6 Å². The van der Waals surface area contributed by atoms with Gasteiger partial charge in [0, 0.05) is 17.8 Å². The van der Waals surface area contributed by atoms with Crippen molar-refractivity contribution in [3.63, 3.8) is 0 Å². The summed E-state index contributed by atoms with van der Waals surface area (Å²) >= 11 is 5.86. The largest absolute Gasteiger partial charge is 0.454 e. The number of benzene rings is 2. The van der Waals surface area contributed by atoms with Crippen molar-refractivity contribution in [1.82, 2.24) is 4.98 Å². The predicted molar refractivity (Wildman–Crippen MR) is 108 cm³/mol. The van der Waals surface area contributed by atoms with Crippen LogP contribution in [0.2, 0.25) is 5.02 Å². The van der Waals surface area contributed by atoms with E-state index in [0.29, 0.717) is 16.3 Å². The van der Waals surface area contributed by atoms with E-state index in [2.05, 4.69) is 9.71 Å². The predicted octanol–water partition coefficient (Wildman–Crippen LogP) is 4.40. The molecular formula is C20H14ClN3O4S. The summed E-state index contributed by atoms with van der Waals surface area (Å²) in [7, 11) is -3.90. The van der Waals surface area contributed by atoms with Crippen LogP contribution < -0.4 is 9.46 Å². The van der Waals surface area contributed by atoms with Gasteiger partial charge in [0.25, 0.3) is 10.0 Å². The van der Waals surface area contributed by atoms with Gasteiger partial charge >= 0.3 is 0 Å². The van der Waals surface area contributed by atoms with Crippen LogP contribution in [0.1, 0.15) is 22.8 Å². The van der Waals surface area contributed by atoms with E-state index in [9.17, 15) is 18.5 Å². The number of rotatable bonds is 6. The third-order valence-corrected chi connectivity index (χ3v) is 5.43. The lowest BCUT2D eigenvalue weighted by atomic mass is 10.2. The number of ether oxygens (including phenoxy) is 1. The minimum atomic E-state index is -3.90. The Balaban J connectivity index is 1.84. The minimum Gasteiger partial charge on any atom is -0.454 e. The molecule has 1 N–H and O–H groups in total. The summed E-state index contributed by atoms with van der Waals surface area (Å²) < 4.78 is 33.1. The van der Waals surface area contributed by atoms with Crippen molar-refractivity contribution in [2.45, 2.75) is 11.8 Å². The monoisotopic (exact) mass is 427 g/mol. The maximum absolute atomic E-state index is 12.6. The van der Waals surface area contributed by atoms with E-state index in [1.807, 2.05) is 6.07 Å². The Morgan fingerprint density at radius 3 is 2.48 bits per heavy atom. The third kappa shape index (κ3) is 4.90. The molecule has 3 rings (SSSR count). The molecule has 7 nitrogen and oxygen atoms in total. The molecule has 0 unspecified atom stereocenters. The number of nitrogens with zero attached hydrogens (tertiary/aromatic N) is 2. The lowest BCUT2D eigenvalue weighted by Gasteiger charge is -2.11. The van der Waals surface area contributed by atoms with E-state index in [4.69, 9.17) is 16.3 Å². The molecule has 0 aliphatic rings. The summed E-state index contributed by atoms with van der Waals surface area (Å²) in [6.45, 7) is 1.40. The second kappa shape index (κ2) is 8.31. The second-order valence-corrected chi connectivity index (χ2v) is 8.07. The molecule has 2 aromatic carbocycles. The number of hydrogen-bond acceptors (Lipinski definition) is 6. The zero-order valence-electron chi connectivity index (χ0n) is 15.1. The molecule has 1 aromatic heterocycles. The number of carbonyl (C=O) groups is 1. The fraction of sp³-hybridized carbons (Fsp3) is 0.0500. The zero-order valence-corrected chi connectivity index (χ0v) is 16.7. The first-order chi connectivity index (χ1) is 13.8. The SMILES string of the molecule is CC(=O)c1ccc(S(=O)(=O)Nc2ccc(Oc3cncc(Cl)c3)c(C#N)c2)cc1. The standard InChI is InChI=1S/C20H14ClN3O4S/c1-13(25)14-2-5-19(6-3-14)29(26,27)24-17-4-7-20(15(8-17)10-22)28-18-9-16(21)11-23-12-18/h2-9,11-12,24H,1H3. The molecule has 0 fully saturated rings. The Morgan fingerprint density at radius 2 is 1.86 bits per heavy atom. The Kier molecular flexibility index (Phi) is 5.82. The molecule has 0 saturated carbocycles. The molecule has 1 heterocycles. The highest BCUT2D eigenvalue weighted by molar-refractivity contribution is 7.92. The topological polar surface area (TPSA) is 109 Å². The molecule has 146 valence electrons. The quantitative estimate of drug-likeness (QED) is 0.584. The van der Waals surface area contributed by atoms with Gasteiger partial charge in [0.05, 0.1) is 27.4 Å². The summed E-state index contributed by atoms with van der Waals surface area (Å²) in [6.07, 6.45) is 2.88. The van der Waals surface area contributed by atoms with Crippen LogP contribution in [0.3, 0.4) is 0 Å². The van der Waals surface area contributed by atoms with Gasteiger partial charge in [-0.25, -0.2) is 8.42 Å². The first-order valence-corrected chi connectivity index (χ1v) is 10.1. The Hall–Kier alpha value is -3.41. The van der Waals surface area contributed by atoms with Crippen LogP contribution in [0, 0.1) is 11.3 Å². The van der Waals surface area contributed by atoms with Crippen LogP contribution in [0.25, 0.3) is 0 Å². The molecule has 29 heavy (non-hydrogen) atoms. The molecule has 0 atom stereocenters. The van der Waals surface area contributed by atoms with E-state index in [1.165, 1.54) is 67.8 Å². The van der Waals surface area contributed by atoms with Crippen molar-refractivity contribution >= 4 is 33.1 Å². The van der Waals surface area contributed by atoms with E-state index >= 15 is 0 Å². The molecule has 0 radical (unpaired) electrons. The molecule has 0 aliphatic heterocycles. The lowest BCUT2D eigenvalue weighted by molar-refractivity contribution is 0.101. The highest BCUT2D eigenvalue weighted by Gasteiger charge is 2.16. The average molecular weight is 428 g/mol. The summed E-state index contributed by atoms with van der Waals surface area (Å²) in [5.41, 5.74) is 0.721. The van der Waals surface area contributed by atoms with Crippen molar-refractivity contribution in [2.75, 3.05) is 4.72 Å². The third-order valence-electron chi connectivity index (χ3n) is 3.83. The average Bonchev–Trinajstić information content (AvgIpc) is 2.69. The number of aromatic nitrogens is 1. The number of hydrogen-bond donors (Lipinski definition) is 1. The molecule has 0 aliphatic carbocycles. The first kappa shape index (κ1) is 20.3. The number of nitrogens with one attached hydrogen (secondary N) is 1. The van der Waals surface area contributed by atoms with Gasteiger partial charge in [-0.2, -0.15) is 5.26 Å². The Bertz CT molecular complexity index is 1220. The van der Waals surface area contributed by atoms with Crippen LogP contribution in [-0.4, -0.2) is 19.2 Å². The van der Waals surface area contributed by atoms with Gasteiger partial charge in [-0.05, 0) is 37.3 Å². The number of Topliss-reactive ketones (excluding diaryl/α,β-unsaturated/α-hetero) is 1. The van der Waals surface area contributed by atoms with E-state index < -0.39 is 10.0 Å². The van der Waals surface area contributed by atoms with Crippen molar-refractivity contribution < 1.29 is 17.9 Å². The van der Waals surface area contributed by atoms with Crippen molar-refractivity contribution in [2.24, 2.45) is 0 Å². The Labute approximate surface area is 172 Å². The van der Waals surface area contributed by atoms with Gasteiger partial charge in [-0.15, -0.1) is 0 Å².